The molecule has 0 fully saturated rings. The lowest BCUT2D eigenvalue weighted by molar-refractivity contribution is 0.211. The lowest BCUT2D eigenvalue weighted by Crippen LogP contribution is -2.09. The molecule has 0 saturated heterocycles. The van der Waals surface area contributed by atoms with E-state index in [1.54, 1.807) is 7.11 Å². The molecule has 4 heteroatoms. The third kappa shape index (κ3) is 2.90. The Morgan fingerprint density at radius 1 is 1.54 bits per heavy atom. The molecule has 0 aliphatic carbocycles. The summed E-state index contributed by atoms with van der Waals surface area (Å²) < 4.78 is 5.90. The normalized spacial score (nSPS) is 10.0. The van der Waals surface area contributed by atoms with Crippen LogP contribution in [0.4, 0.5) is 11.4 Å². The van der Waals surface area contributed by atoms with Gasteiger partial charge in [0.05, 0.1) is 18.0 Å². The van der Waals surface area contributed by atoms with Gasteiger partial charge in [0.2, 0.25) is 0 Å². The average molecular weight is 245 g/mol. The predicted molar refractivity (Wildman–Crippen MR) is 58.9 cm³/mol. The van der Waals surface area contributed by atoms with E-state index >= 15 is 0 Å². The van der Waals surface area contributed by atoms with Crippen molar-refractivity contribution in [3.05, 3.63) is 22.7 Å². The molecule has 1 rings (SSSR count). The topological polar surface area (TPSA) is 47.3 Å². The number of hydrogen-bond donors (Lipinski definition) is 2. The van der Waals surface area contributed by atoms with E-state index in [1.165, 1.54) is 0 Å². The first kappa shape index (κ1) is 10.3. The van der Waals surface area contributed by atoms with Crippen molar-refractivity contribution >= 4 is 27.3 Å². The molecule has 0 spiro atoms. The van der Waals surface area contributed by atoms with Crippen LogP contribution < -0.4 is 11.1 Å². The number of nitrogen functional groups attached to an aromatic ring is 1. The van der Waals surface area contributed by atoms with Gasteiger partial charge in [-0.15, -0.1) is 0 Å². The van der Waals surface area contributed by atoms with Crippen LogP contribution in [0.5, 0.6) is 0 Å². The van der Waals surface area contributed by atoms with Gasteiger partial charge in [0.15, 0.2) is 0 Å². The second-order valence-corrected chi connectivity index (χ2v) is 3.48. The molecule has 0 heterocycles. The number of benzene rings is 1. The Morgan fingerprint density at radius 2 is 2.31 bits per heavy atom. The van der Waals surface area contributed by atoms with Crippen LogP contribution in [0.2, 0.25) is 0 Å². The molecule has 72 valence electrons. The van der Waals surface area contributed by atoms with Gasteiger partial charge >= 0.3 is 0 Å². The van der Waals surface area contributed by atoms with Crippen LogP contribution in [-0.2, 0) is 4.74 Å². The van der Waals surface area contributed by atoms with Crippen molar-refractivity contribution in [1.29, 1.82) is 0 Å². The molecule has 0 amide bonds. The molecule has 0 aliphatic heterocycles. The number of nitrogens with two attached hydrogens (primary N) is 1. The molecule has 0 unspecified atom stereocenters. The Balaban J connectivity index is 2.64. The second-order valence-electron chi connectivity index (χ2n) is 2.62. The summed E-state index contributed by atoms with van der Waals surface area (Å²) in [5, 5.41) is 3.19. The standard InChI is InChI=1S/C9H13BrN2O/c1-13-6-5-12-9-7(10)3-2-4-8(9)11/h2-4,12H,5-6,11H2,1H3. The van der Waals surface area contributed by atoms with Crippen LogP contribution in [0.3, 0.4) is 0 Å². The summed E-state index contributed by atoms with van der Waals surface area (Å²) in [5.74, 6) is 0. The molecule has 0 saturated carbocycles. The van der Waals surface area contributed by atoms with Crippen molar-refractivity contribution in [2.24, 2.45) is 0 Å². The number of rotatable bonds is 4. The van der Waals surface area contributed by atoms with Crippen molar-refractivity contribution in [2.45, 2.75) is 0 Å². The summed E-state index contributed by atoms with van der Waals surface area (Å²) in [7, 11) is 1.67. The zero-order valence-electron chi connectivity index (χ0n) is 7.51. The van der Waals surface area contributed by atoms with Crippen LogP contribution in [-0.4, -0.2) is 20.3 Å². The summed E-state index contributed by atoms with van der Waals surface area (Å²) in [5.41, 5.74) is 7.44. The number of halogens is 1. The molecular weight excluding hydrogens is 232 g/mol. The van der Waals surface area contributed by atoms with Gasteiger partial charge in [-0.05, 0) is 28.1 Å². The summed E-state index contributed by atoms with van der Waals surface area (Å²) >= 11 is 3.42. The minimum Gasteiger partial charge on any atom is -0.397 e. The first-order valence-electron chi connectivity index (χ1n) is 4.02. The second kappa shape index (κ2) is 5.09. The van der Waals surface area contributed by atoms with E-state index in [4.69, 9.17) is 10.5 Å². The van der Waals surface area contributed by atoms with E-state index in [9.17, 15) is 0 Å². The minimum absolute atomic E-state index is 0.667. The van der Waals surface area contributed by atoms with Crippen molar-refractivity contribution in [3.63, 3.8) is 0 Å². The first-order chi connectivity index (χ1) is 6.25. The molecule has 0 radical (unpaired) electrons. The van der Waals surface area contributed by atoms with Crippen molar-refractivity contribution < 1.29 is 4.74 Å². The lowest BCUT2D eigenvalue weighted by atomic mass is 10.3. The summed E-state index contributed by atoms with van der Waals surface area (Å²) in [4.78, 5) is 0. The highest BCUT2D eigenvalue weighted by Crippen LogP contribution is 2.27. The minimum atomic E-state index is 0.667. The fourth-order valence-electron chi connectivity index (χ4n) is 1.01. The van der Waals surface area contributed by atoms with Gasteiger partial charge < -0.3 is 15.8 Å². The highest BCUT2D eigenvalue weighted by Gasteiger charge is 2.01. The van der Waals surface area contributed by atoms with Crippen LogP contribution in [0, 0.1) is 0 Å². The van der Waals surface area contributed by atoms with Crippen molar-refractivity contribution in [3.8, 4) is 0 Å². The van der Waals surface area contributed by atoms with E-state index < -0.39 is 0 Å². The van der Waals surface area contributed by atoms with Crippen molar-refractivity contribution in [1.82, 2.24) is 0 Å². The molecule has 0 bridgehead atoms. The zero-order chi connectivity index (χ0) is 9.68. The van der Waals surface area contributed by atoms with E-state index in [0.29, 0.717) is 6.61 Å². The van der Waals surface area contributed by atoms with Crippen LogP contribution in [0.1, 0.15) is 0 Å². The SMILES string of the molecule is COCCNc1c(N)cccc1Br. The van der Waals surface area contributed by atoms with Gasteiger partial charge in [0.25, 0.3) is 0 Å². The Hall–Kier alpha value is -0.740. The molecule has 0 atom stereocenters. The maximum atomic E-state index is 5.77. The smallest absolute Gasteiger partial charge is 0.0719 e. The Kier molecular flexibility index (Phi) is 4.05. The van der Waals surface area contributed by atoms with Gasteiger partial charge in [0.1, 0.15) is 0 Å². The maximum absolute atomic E-state index is 5.77. The Bertz CT molecular complexity index is 258. The Labute approximate surface area is 86.4 Å². The van der Waals surface area contributed by atoms with Crippen LogP contribution >= 0.6 is 15.9 Å². The monoisotopic (exact) mass is 244 g/mol. The van der Waals surface area contributed by atoms with Gasteiger partial charge in [-0.2, -0.15) is 0 Å². The number of nitrogens with one attached hydrogen (secondary N) is 1. The van der Waals surface area contributed by atoms with E-state index in [1.807, 2.05) is 18.2 Å². The van der Waals surface area contributed by atoms with Crippen LogP contribution in [0.15, 0.2) is 22.7 Å². The molecule has 3 nitrogen and oxygen atoms in total. The van der Waals surface area contributed by atoms with Gasteiger partial charge in [-0.1, -0.05) is 6.07 Å². The van der Waals surface area contributed by atoms with Gasteiger partial charge in [-0.3, -0.25) is 0 Å². The number of hydrogen-bond acceptors (Lipinski definition) is 3. The fourth-order valence-corrected chi connectivity index (χ4v) is 1.53. The third-order valence-corrected chi connectivity index (χ3v) is 2.31. The van der Waals surface area contributed by atoms with E-state index in [2.05, 4.69) is 21.2 Å². The molecule has 0 aliphatic rings. The maximum Gasteiger partial charge on any atom is 0.0719 e. The van der Waals surface area contributed by atoms with Crippen molar-refractivity contribution in [2.75, 3.05) is 31.3 Å². The van der Waals surface area contributed by atoms with Crippen LogP contribution in [0.25, 0.3) is 0 Å². The average Bonchev–Trinajstić information content (AvgIpc) is 2.10. The molecule has 3 N–H and O–H groups in total. The van der Waals surface area contributed by atoms with E-state index in [-0.39, 0.29) is 0 Å². The fraction of sp³-hybridized carbons (Fsp3) is 0.333. The Morgan fingerprint density at radius 3 is 2.92 bits per heavy atom. The number of para-hydroxylation sites is 1. The highest BCUT2D eigenvalue weighted by atomic mass is 79.9. The quantitative estimate of drug-likeness (QED) is 0.630. The van der Waals surface area contributed by atoms with Gasteiger partial charge in [0, 0.05) is 18.1 Å². The predicted octanol–water partition coefficient (Wildman–Crippen LogP) is 2.09. The van der Waals surface area contributed by atoms with E-state index in [0.717, 1.165) is 22.4 Å². The largest absolute Gasteiger partial charge is 0.397 e. The molecule has 0 aromatic heterocycles. The summed E-state index contributed by atoms with van der Waals surface area (Å²) in [6, 6.07) is 5.71. The highest BCUT2D eigenvalue weighted by molar-refractivity contribution is 9.10. The number of ether oxygens (including phenoxy) is 1. The summed E-state index contributed by atoms with van der Waals surface area (Å²) in [6.45, 7) is 1.42. The number of methoxy groups -OCH3 is 1. The lowest BCUT2D eigenvalue weighted by Gasteiger charge is -2.10. The summed E-state index contributed by atoms with van der Waals surface area (Å²) in [6.07, 6.45) is 0. The van der Waals surface area contributed by atoms with Gasteiger partial charge in [-0.25, -0.2) is 0 Å². The number of anilines is 2. The third-order valence-electron chi connectivity index (χ3n) is 1.65. The zero-order valence-corrected chi connectivity index (χ0v) is 9.10. The first-order valence-corrected chi connectivity index (χ1v) is 4.82. The molecule has 13 heavy (non-hydrogen) atoms. The molecule has 1 aromatic rings. The molecular formula is C9H13BrN2O. The molecule has 1 aromatic carbocycles.